The molecule has 3 nitrogen and oxygen atoms in total. The van der Waals surface area contributed by atoms with Crippen LogP contribution in [0.15, 0.2) is 104 Å². The van der Waals surface area contributed by atoms with Gasteiger partial charge in [0.15, 0.2) is 0 Å². The number of nitriles is 1. The van der Waals surface area contributed by atoms with Crippen LogP contribution in [0.3, 0.4) is 0 Å². The van der Waals surface area contributed by atoms with Gasteiger partial charge in [-0.1, -0.05) is 78.9 Å². The Morgan fingerprint density at radius 2 is 1.52 bits per heavy atom. The highest BCUT2D eigenvalue weighted by atomic mass is 15.0. The molecule has 1 aromatic heterocycles. The lowest BCUT2D eigenvalue weighted by molar-refractivity contribution is 0.757. The zero-order chi connectivity index (χ0) is 19.9. The van der Waals surface area contributed by atoms with Crippen LogP contribution in [0, 0.1) is 11.3 Å². The number of rotatable bonds is 6. The van der Waals surface area contributed by atoms with E-state index in [1.54, 1.807) is 0 Å². The van der Waals surface area contributed by atoms with Crippen molar-refractivity contribution in [2.24, 2.45) is 0 Å². The summed E-state index contributed by atoms with van der Waals surface area (Å²) < 4.78 is 2.19. The third-order valence-electron chi connectivity index (χ3n) is 4.92. The van der Waals surface area contributed by atoms with Gasteiger partial charge in [-0.25, -0.2) is 4.98 Å². The minimum atomic E-state index is 0.669. The molecular formula is C26H21N3. The van der Waals surface area contributed by atoms with E-state index in [0.29, 0.717) is 5.56 Å². The zero-order valence-electron chi connectivity index (χ0n) is 16.1. The van der Waals surface area contributed by atoms with Crippen LogP contribution in [-0.2, 0) is 13.0 Å². The fourth-order valence-electron chi connectivity index (χ4n) is 3.39. The van der Waals surface area contributed by atoms with E-state index >= 15 is 0 Å². The highest BCUT2D eigenvalue weighted by Crippen LogP contribution is 2.24. The first-order valence-corrected chi connectivity index (χ1v) is 9.62. The Bertz CT molecular complexity index is 1130. The SMILES string of the molecule is N#Cc1ccc(C(=CCc2cncn2Cc2ccccc2)c2ccccc2)cc1. The Morgan fingerprint density at radius 3 is 2.21 bits per heavy atom. The van der Waals surface area contributed by atoms with E-state index in [4.69, 9.17) is 5.26 Å². The maximum Gasteiger partial charge on any atom is 0.0991 e. The third-order valence-corrected chi connectivity index (χ3v) is 4.92. The van der Waals surface area contributed by atoms with Crippen LogP contribution < -0.4 is 0 Å². The summed E-state index contributed by atoms with van der Waals surface area (Å²) in [4.78, 5) is 4.36. The van der Waals surface area contributed by atoms with Crippen molar-refractivity contribution < 1.29 is 0 Å². The molecule has 0 aliphatic rings. The average molecular weight is 375 g/mol. The Morgan fingerprint density at radius 1 is 0.862 bits per heavy atom. The number of benzene rings is 3. The van der Waals surface area contributed by atoms with Gasteiger partial charge in [0, 0.05) is 24.9 Å². The molecule has 0 N–H and O–H groups in total. The summed E-state index contributed by atoms with van der Waals surface area (Å²) in [6.45, 7) is 0.807. The molecule has 29 heavy (non-hydrogen) atoms. The van der Waals surface area contributed by atoms with Gasteiger partial charge in [-0.05, 0) is 34.4 Å². The number of hydrogen-bond acceptors (Lipinski definition) is 2. The summed E-state index contributed by atoms with van der Waals surface area (Å²) in [5.41, 5.74) is 6.50. The summed E-state index contributed by atoms with van der Waals surface area (Å²) in [7, 11) is 0. The zero-order valence-corrected chi connectivity index (χ0v) is 16.1. The molecule has 4 aromatic rings. The van der Waals surface area contributed by atoms with Crippen LogP contribution in [0.4, 0.5) is 0 Å². The van der Waals surface area contributed by atoms with E-state index in [2.05, 4.69) is 58.1 Å². The second-order valence-corrected chi connectivity index (χ2v) is 6.88. The molecule has 140 valence electrons. The van der Waals surface area contributed by atoms with Crippen molar-refractivity contribution in [1.29, 1.82) is 5.26 Å². The molecule has 4 rings (SSSR count). The molecule has 0 aliphatic carbocycles. The van der Waals surface area contributed by atoms with Gasteiger partial charge in [0.25, 0.3) is 0 Å². The Kier molecular flexibility index (Phi) is 5.64. The van der Waals surface area contributed by atoms with Gasteiger partial charge >= 0.3 is 0 Å². The van der Waals surface area contributed by atoms with E-state index in [0.717, 1.165) is 35.4 Å². The van der Waals surface area contributed by atoms with Crippen molar-refractivity contribution in [3.05, 3.63) is 131 Å². The summed E-state index contributed by atoms with van der Waals surface area (Å²) in [5, 5.41) is 9.09. The van der Waals surface area contributed by atoms with Crippen LogP contribution >= 0.6 is 0 Å². The monoisotopic (exact) mass is 375 g/mol. The number of allylic oxidation sites excluding steroid dienone is 1. The summed E-state index contributed by atoms with van der Waals surface area (Å²) in [6.07, 6.45) is 6.84. The predicted molar refractivity (Wildman–Crippen MR) is 116 cm³/mol. The molecule has 0 spiro atoms. The molecule has 3 heteroatoms. The lowest BCUT2D eigenvalue weighted by Gasteiger charge is -2.11. The molecular weight excluding hydrogens is 354 g/mol. The number of nitrogens with zero attached hydrogens (tertiary/aromatic N) is 3. The normalized spacial score (nSPS) is 11.2. The topological polar surface area (TPSA) is 41.6 Å². The van der Waals surface area contributed by atoms with Crippen molar-refractivity contribution in [1.82, 2.24) is 9.55 Å². The molecule has 0 unspecified atom stereocenters. The standard InChI is InChI=1S/C26H21N3/c27-17-21-11-13-24(14-12-21)26(23-9-5-2-6-10-23)16-15-25-18-28-20-29(25)19-22-7-3-1-4-8-22/h1-14,16,18,20H,15,19H2. The van der Waals surface area contributed by atoms with E-state index in [1.165, 1.54) is 5.56 Å². The van der Waals surface area contributed by atoms with Crippen LogP contribution in [-0.4, -0.2) is 9.55 Å². The summed E-state index contributed by atoms with van der Waals surface area (Å²) >= 11 is 0. The number of imidazole rings is 1. The van der Waals surface area contributed by atoms with Gasteiger partial charge < -0.3 is 4.57 Å². The van der Waals surface area contributed by atoms with Crippen LogP contribution in [0.5, 0.6) is 0 Å². The van der Waals surface area contributed by atoms with Gasteiger partial charge in [0.05, 0.1) is 18.0 Å². The molecule has 0 amide bonds. The number of hydrogen-bond donors (Lipinski definition) is 0. The van der Waals surface area contributed by atoms with Gasteiger partial charge in [0.1, 0.15) is 0 Å². The van der Waals surface area contributed by atoms with Crippen molar-refractivity contribution in [2.45, 2.75) is 13.0 Å². The van der Waals surface area contributed by atoms with Gasteiger partial charge in [-0.15, -0.1) is 0 Å². The lowest BCUT2D eigenvalue weighted by atomic mass is 9.96. The number of aromatic nitrogens is 2. The predicted octanol–water partition coefficient (Wildman–Crippen LogP) is 5.48. The first-order valence-electron chi connectivity index (χ1n) is 9.62. The lowest BCUT2D eigenvalue weighted by Crippen LogP contribution is -2.02. The minimum absolute atomic E-state index is 0.669. The third kappa shape index (κ3) is 4.51. The van der Waals surface area contributed by atoms with Crippen molar-refractivity contribution >= 4 is 5.57 Å². The molecule has 1 heterocycles. The second kappa shape index (κ2) is 8.86. The average Bonchev–Trinajstić information content (AvgIpc) is 3.22. The summed E-state index contributed by atoms with van der Waals surface area (Å²) in [5.74, 6) is 0. The van der Waals surface area contributed by atoms with E-state index in [1.807, 2.05) is 61.1 Å². The Balaban J connectivity index is 1.64. The molecule has 0 fully saturated rings. The minimum Gasteiger partial charge on any atom is -0.330 e. The van der Waals surface area contributed by atoms with E-state index in [-0.39, 0.29) is 0 Å². The van der Waals surface area contributed by atoms with Crippen molar-refractivity contribution in [3.63, 3.8) is 0 Å². The van der Waals surface area contributed by atoms with Crippen LogP contribution in [0.25, 0.3) is 5.57 Å². The molecule has 0 saturated carbocycles. The summed E-state index contributed by atoms with van der Waals surface area (Å²) in [6, 6.07) is 30.7. The maximum absolute atomic E-state index is 9.09. The Hall–Kier alpha value is -3.90. The van der Waals surface area contributed by atoms with Crippen molar-refractivity contribution in [2.75, 3.05) is 0 Å². The van der Waals surface area contributed by atoms with Gasteiger partial charge in [0.2, 0.25) is 0 Å². The molecule has 0 atom stereocenters. The van der Waals surface area contributed by atoms with Crippen LogP contribution in [0.1, 0.15) is 27.9 Å². The van der Waals surface area contributed by atoms with E-state index in [9.17, 15) is 0 Å². The highest BCUT2D eigenvalue weighted by Gasteiger charge is 2.07. The second-order valence-electron chi connectivity index (χ2n) is 6.88. The van der Waals surface area contributed by atoms with E-state index < -0.39 is 0 Å². The smallest absolute Gasteiger partial charge is 0.0991 e. The first-order chi connectivity index (χ1) is 14.3. The van der Waals surface area contributed by atoms with Gasteiger partial charge in [-0.3, -0.25) is 0 Å². The largest absolute Gasteiger partial charge is 0.330 e. The fraction of sp³-hybridized carbons (Fsp3) is 0.0769. The molecule has 0 radical (unpaired) electrons. The highest BCUT2D eigenvalue weighted by molar-refractivity contribution is 5.80. The Labute approximate surface area is 171 Å². The maximum atomic E-state index is 9.09. The van der Waals surface area contributed by atoms with Crippen molar-refractivity contribution in [3.8, 4) is 6.07 Å². The molecule has 0 saturated heterocycles. The van der Waals surface area contributed by atoms with Crippen LogP contribution in [0.2, 0.25) is 0 Å². The quantitative estimate of drug-likeness (QED) is 0.448. The first kappa shape index (κ1) is 18.5. The molecule has 0 aliphatic heterocycles. The molecule has 0 bridgehead atoms. The van der Waals surface area contributed by atoms with Gasteiger partial charge in [-0.2, -0.15) is 5.26 Å². The fourth-order valence-corrected chi connectivity index (χ4v) is 3.39. The molecule has 3 aromatic carbocycles.